The first kappa shape index (κ1) is 32.4. The van der Waals surface area contributed by atoms with Crippen LogP contribution in [-0.4, -0.2) is 72.9 Å². The Kier molecular flexibility index (Phi) is 12.7. The van der Waals surface area contributed by atoms with E-state index in [-0.39, 0.29) is 17.9 Å². The molecule has 1 aliphatic heterocycles. The van der Waals surface area contributed by atoms with Crippen molar-refractivity contribution in [3.05, 3.63) is 47.5 Å². The highest BCUT2D eigenvalue weighted by Gasteiger charge is 2.35. The van der Waals surface area contributed by atoms with Crippen LogP contribution in [0.2, 0.25) is 0 Å². The molecule has 0 saturated carbocycles. The number of allylic oxidation sites excluding steroid dienone is 1. The second kappa shape index (κ2) is 15.7. The van der Waals surface area contributed by atoms with Crippen molar-refractivity contribution in [2.24, 2.45) is 5.92 Å². The second-order valence-corrected chi connectivity index (χ2v) is 10.0. The van der Waals surface area contributed by atoms with Gasteiger partial charge in [-0.2, -0.15) is 0 Å². The van der Waals surface area contributed by atoms with Crippen LogP contribution in [-0.2, 0) is 39.9 Å². The van der Waals surface area contributed by atoms with E-state index in [1.54, 1.807) is 6.08 Å². The summed E-state index contributed by atoms with van der Waals surface area (Å²) in [7, 11) is 1.08. The van der Waals surface area contributed by atoms with Gasteiger partial charge in [-0.25, -0.2) is 18.4 Å². The number of nitrogens with zero attached hydrogens (tertiary/aromatic N) is 1. The van der Waals surface area contributed by atoms with Crippen molar-refractivity contribution in [3.63, 3.8) is 0 Å². The van der Waals surface area contributed by atoms with E-state index >= 15 is 0 Å². The smallest absolute Gasteiger partial charge is 0.331 e. The largest absolute Gasteiger partial charge is 0.467 e. The molecule has 0 bridgehead atoms. The molecule has 12 heteroatoms. The first-order valence-electron chi connectivity index (χ1n) is 13.1. The first-order valence-corrected chi connectivity index (χ1v) is 13.1. The van der Waals surface area contributed by atoms with Crippen molar-refractivity contribution in [3.8, 4) is 0 Å². The number of nitrogens with one attached hydrogen (secondary N) is 2. The SMILES string of the molecule is COC(=O)[C@H](COC(=O)C1CCCN1C(C)=O)NC(=O)[C@H](Cc1cc(F)cc(F)c1)NC(=O)/C=C/CCC(C)C. The zero-order chi connectivity index (χ0) is 29.8. The zero-order valence-electron chi connectivity index (χ0n) is 23.2. The number of carbonyl (C=O) groups is 5. The van der Waals surface area contributed by atoms with Gasteiger partial charge in [0.05, 0.1) is 7.11 Å². The summed E-state index contributed by atoms with van der Waals surface area (Å²) in [5.74, 6) is -4.73. The number of rotatable bonds is 13. The van der Waals surface area contributed by atoms with Crippen LogP contribution >= 0.6 is 0 Å². The summed E-state index contributed by atoms with van der Waals surface area (Å²) in [6.45, 7) is 5.22. The third-order valence-corrected chi connectivity index (χ3v) is 6.30. The minimum atomic E-state index is -1.45. The number of likely N-dealkylation sites (tertiary alicyclic amines) is 1. The van der Waals surface area contributed by atoms with Crippen LogP contribution in [0.25, 0.3) is 0 Å². The minimum Gasteiger partial charge on any atom is -0.467 e. The Morgan fingerprint density at radius 2 is 1.75 bits per heavy atom. The number of hydrogen-bond donors (Lipinski definition) is 2. The lowest BCUT2D eigenvalue weighted by Gasteiger charge is -2.24. The maximum absolute atomic E-state index is 13.8. The molecule has 1 saturated heterocycles. The summed E-state index contributed by atoms with van der Waals surface area (Å²) in [5.41, 5.74) is 0.0911. The maximum Gasteiger partial charge on any atom is 0.331 e. The Balaban J connectivity index is 2.16. The lowest BCUT2D eigenvalue weighted by Crippen LogP contribution is -2.54. The third kappa shape index (κ3) is 10.4. The molecule has 10 nitrogen and oxygen atoms in total. The number of benzene rings is 1. The number of halogens is 2. The van der Waals surface area contributed by atoms with Gasteiger partial charge in [0.15, 0.2) is 6.04 Å². The van der Waals surface area contributed by atoms with Gasteiger partial charge in [-0.3, -0.25) is 14.4 Å². The fraction of sp³-hybridized carbons (Fsp3) is 0.536. The first-order chi connectivity index (χ1) is 18.9. The molecule has 0 aromatic heterocycles. The average molecular weight is 566 g/mol. The van der Waals surface area contributed by atoms with Gasteiger partial charge in [-0.1, -0.05) is 19.9 Å². The van der Waals surface area contributed by atoms with Crippen LogP contribution in [0.3, 0.4) is 0 Å². The predicted octanol–water partition coefficient (Wildman–Crippen LogP) is 2.20. The van der Waals surface area contributed by atoms with E-state index in [2.05, 4.69) is 10.6 Å². The van der Waals surface area contributed by atoms with E-state index in [0.717, 1.165) is 25.7 Å². The molecule has 2 N–H and O–H groups in total. The Hall–Kier alpha value is -3.83. The summed E-state index contributed by atoms with van der Waals surface area (Å²) in [5, 5.41) is 4.88. The van der Waals surface area contributed by atoms with E-state index in [4.69, 9.17) is 9.47 Å². The number of ether oxygens (including phenoxy) is 2. The molecule has 1 aromatic rings. The summed E-state index contributed by atoms with van der Waals surface area (Å²) in [6.07, 6.45) is 5.11. The van der Waals surface area contributed by atoms with Crippen molar-refractivity contribution in [1.82, 2.24) is 15.5 Å². The fourth-order valence-corrected chi connectivity index (χ4v) is 4.25. The molecule has 0 aliphatic carbocycles. The monoisotopic (exact) mass is 565 g/mol. The molecule has 1 unspecified atom stereocenters. The number of amides is 3. The van der Waals surface area contributed by atoms with E-state index in [1.807, 2.05) is 13.8 Å². The van der Waals surface area contributed by atoms with Crippen molar-refractivity contribution >= 4 is 29.7 Å². The number of esters is 2. The van der Waals surface area contributed by atoms with Gasteiger partial charge < -0.3 is 25.0 Å². The zero-order valence-corrected chi connectivity index (χ0v) is 23.2. The van der Waals surface area contributed by atoms with Gasteiger partial charge in [0.25, 0.3) is 0 Å². The van der Waals surface area contributed by atoms with Crippen LogP contribution < -0.4 is 10.6 Å². The molecule has 220 valence electrons. The Morgan fingerprint density at radius 3 is 2.35 bits per heavy atom. The maximum atomic E-state index is 13.8. The lowest BCUT2D eigenvalue weighted by molar-refractivity contribution is -0.157. The van der Waals surface area contributed by atoms with Crippen LogP contribution in [0.5, 0.6) is 0 Å². The highest BCUT2D eigenvalue weighted by Crippen LogP contribution is 2.18. The van der Waals surface area contributed by atoms with Crippen molar-refractivity contribution in [2.75, 3.05) is 20.3 Å². The van der Waals surface area contributed by atoms with Crippen molar-refractivity contribution < 1.29 is 42.2 Å². The molecule has 1 aliphatic rings. The highest BCUT2D eigenvalue weighted by atomic mass is 19.1. The molecule has 1 heterocycles. The van der Waals surface area contributed by atoms with Gasteiger partial charge in [-0.15, -0.1) is 0 Å². The highest BCUT2D eigenvalue weighted by molar-refractivity contribution is 5.94. The molecular weight excluding hydrogens is 528 g/mol. The molecular formula is C28H37F2N3O7. The summed E-state index contributed by atoms with van der Waals surface area (Å²) < 4.78 is 37.5. The Morgan fingerprint density at radius 1 is 1.07 bits per heavy atom. The van der Waals surface area contributed by atoms with Crippen molar-refractivity contribution in [1.29, 1.82) is 0 Å². The van der Waals surface area contributed by atoms with Gasteiger partial charge in [-0.05, 0) is 55.4 Å². The van der Waals surface area contributed by atoms with Gasteiger partial charge in [0.2, 0.25) is 17.7 Å². The summed E-state index contributed by atoms with van der Waals surface area (Å²) in [6, 6.07) is -0.864. The second-order valence-electron chi connectivity index (χ2n) is 10.0. The predicted molar refractivity (Wildman–Crippen MR) is 141 cm³/mol. The molecule has 0 radical (unpaired) electrons. The topological polar surface area (TPSA) is 131 Å². The van der Waals surface area contributed by atoms with Crippen LogP contribution in [0.4, 0.5) is 8.78 Å². The number of methoxy groups -OCH3 is 1. The van der Waals surface area contributed by atoms with Gasteiger partial charge in [0, 0.05) is 26.0 Å². The fourth-order valence-electron chi connectivity index (χ4n) is 4.25. The molecule has 1 aromatic carbocycles. The van der Waals surface area contributed by atoms with Gasteiger partial charge in [0.1, 0.15) is 30.3 Å². The standard InChI is InChI=1S/C28H37F2N3O7/c1-17(2)8-5-6-10-25(35)31-22(14-19-12-20(29)15-21(30)13-19)26(36)32-23(27(37)39-4)16-40-28(38)24-9-7-11-33(24)18(3)34/h6,10,12-13,15,17,22-24H,5,7-9,11,14,16H2,1-4H3,(H,31,35)(H,32,36)/b10-6+/t22-,23-,24?/m0/s1. The van der Waals surface area contributed by atoms with E-state index in [9.17, 15) is 32.8 Å². The normalized spacial score (nSPS) is 16.5. The molecule has 1 fully saturated rings. The Bertz CT molecular complexity index is 1090. The van der Waals surface area contributed by atoms with E-state index in [0.29, 0.717) is 37.8 Å². The lowest BCUT2D eigenvalue weighted by atomic mass is 10.0. The summed E-state index contributed by atoms with van der Waals surface area (Å²) in [4.78, 5) is 63.9. The molecule has 3 atom stereocenters. The van der Waals surface area contributed by atoms with E-state index in [1.165, 1.54) is 17.9 Å². The molecule has 2 rings (SSSR count). The number of hydrogen-bond acceptors (Lipinski definition) is 7. The van der Waals surface area contributed by atoms with Gasteiger partial charge >= 0.3 is 11.9 Å². The van der Waals surface area contributed by atoms with Crippen LogP contribution in [0.1, 0.15) is 52.0 Å². The van der Waals surface area contributed by atoms with Crippen LogP contribution in [0, 0.1) is 17.6 Å². The molecule has 40 heavy (non-hydrogen) atoms. The number of carbonyl (C=O) groups excluding carboxylic acids is 5. The van der Waals surface area contributed by atoms with Crippen molar-refractivity contribution in [2.45, 2.75) is 71.0 Å². The van der Waals surface area contributed by atoms with Crippen LogP contribution in [0.15, 0.2) is 30.4 Å². The Labute approximate surface area is 232 Å². The van der Waals surface area contributed by atoms with E-state index < -0.39 is 60.1 Å². The third-order valence-electron chi connectivity index (χ3n) is 6.30. The quantitative estimate of drug-likeness (QED) is 0.277. The molecule has 3 amide bonds. The average Bonchev–Trinajstić information content (AvgIpc) is 3.38. The molecule has 0 spiro atoms. The summed E-state index contributed by atoms with van der Waals surface area (Å²) >= 11 is 0. The minimum absolute atomic E-state index is 0.0911.